The highest BCUT2D eigenvalue weighted by atomic mass is 32.2. The SMILES string of the molecule is CC1(C)[C@@H]2CC[C@]13CS(=O)(=O)N(C(=O)[C@@H]1CC[C@@H](O)[C@@H](O)[C@@H]1O)[C@@H]3C2. The quantitative estimate of drug-likeness (QED) is 0.589. The van der Waals surface area contributed by atoms with Crippen LogP contribution in [0.4, 0.5) is 0 Å². The summed E-state index contributed by atoms with van der Waals surface area (Å²) in [6.07, 6.45) is -1.09. The van der Waals surface area contributed by atoms with Crippen LogP contribution in [0.3, 0.4) is 0 Å². The summed E-state index contributed by atoms with van der Waals surface area (Å²) in [5, 5.41) is 29.8. The molecular weight excluding hydrogens is 346 g/mol. The van der Waals surface area contributed by atoms with Gasteiger partial charge in [0.15, 0.2) is 0 Å². The lowest BCUT2D eigenvalue weighted by atomic mass is 9.69. The standard InChI is InChI=1S/C17H27NO6S/c1-16(2)9-5-6-17(16)8-25(23,24)18(12(17)7-9)15(22)10-3-4-11(19)14(21)13(10)20/h9-14,19-21H,3-8H2,1-2H3/t9-,10-,11-,12-,13-,14-,17-/m1/s1. The molecule has 1 heterocycles. The Bertz CT molecular complexity index is 706. The Balaban J connectivity index is 1.68. The third-order valence-corrected chi connectivity index (χ3v) is 9.79. The molecule has 3 saturated carbocycles. The minimum absolute atomic E-state index is 0.00605. The fourth-order valence-electron chi connectivity index (χ4n) is 6.17. The minimum atomic E-state index is -3.74. The van der Waals surface area contributed by atoms with Crippen molar-refractivity contribution >= 4 is 15.9 Å². The van der Waals surface area contributed by atoms with Crippen molar-refractivity contribution in [3.8, 4) is 0 Å². The van der Waals surface area contributed by atoms with E-state index in [9.17, 15) is 28.5 Å². The molecule has 0 radical (unpaired) electrons. The van der Waals surface area contributed by atoms with Crippen molar-refractivity contribution in [1.29, 1.82) is 0 Å². The maximum atomic E-state index is 13.1. The van der Waals surface area contributed by atoms with E-state index in [0.717, 1.165) is 17.1 Å². The second-order valence-corrected chi connectivity index (χ2v) is 10.8. The summed E-state index contributed by atoms with van der Waals surface area (Å²) < 4.78 is 26.8. The Hall–Kier alpha value is -0.700. The average Bonchev–Trinajstić information content (AvgIpc) is 2.99. The van der Waals surface area contributed by atoms with Crippen molar-refractivity contribution in [3.63, 3.8) is 0 Å². The molecule has 25 heavy (non-hydrogen) atoms. The smallest absolute Gasteiger partial charge is 0.242 e. The van der Waals surface area contributed by atoms with Crippen LogP contribution in [0.25, 0.3) is 0 Å². The molecule has 1 saturated heterocycles. The fraction of sp³-hybridized carbons (Fsp3) is 0.941. The van der Waals surface area contributed by atoms with Gasteiger partial charge >= 0.3 is 0 Å². The van der Waals surface area contributed by atoms with Crippen LogP contribution in [0.1, 0.15) is 46.0 Å². The highest BCUT2D eigenvalue weighted by Gasteiger charge is 2.72. The van der Waals surface area contributed by atoms with Gasteiger partial charge in [0.1, 0.15) is 6.10 Å². The van der Waals surface area contributed by atoms with E-state index < -0.39 is 45.6 Å². The van der Waals surface area contributed by atoms with Gasteiger partial charge in [-0.2, -0.15) is 0 Å². The van der Waals surface area contributed by atoms with Crippen molar-refractivity contribution in [2.75, 3.05) is 5.75 Å². The first kappa shape index (κ1) is 17.7. The molecule has 1 spiro atoms. The van der Waals surface area contributed by atoms with Gasteiger partial charge in [-0.3, -0.25) is 4.79 Å². The molecule has 1 amide bonds. The van der Waals surface area contributed by atoms with Crippen LogP contribution in [0.2, 0.25) is 0 Å². The third-order valence-electron chi connectivity index (χ3n) is 7.88. The monoisotopic (exact) mass is 373 g/mol. The number of carbonyl (C=O) groups is 1. The van der Waals surface area contributed by atoms with Crippen LogP contribution in [-0.4, -0.2) is 64.1 Å². The number of hydrogen-bond donors (Lipinski definition) is 3. The molecule has 3 N–H and O–H groups in total. The lowest BCUT2D eigenvalue weighted by Gasteiger charge is -2.39. The summed E-state index contributed by atoms with van der Waals surface area (Å²) in [5.74, 6) is -1.19. The Morgan fingerprint density at radius 2 is 1.76 bits per heavy atom. The molecule has 0 aromatic heterocycles. The number of aliphatic hydroxyl groups excluding tert-OH is 3. The molecule has 0 aromatic carbocycles. The van der Waals surface area contributed by atoms with Gasteiger partial charge in [0, 0.05) is 5.41 Å². The maximum Gasteiger partial charge on any atom is 0.242 e. The number of rotatable bonds is 1. The van der Waals surface area contributed by atoms with Gasteiger partial charge in [0.05, 0.1) is 29.9 Å². The molecule has 7 nitrogen and oxygen atoms in total. The summed E-state index contributed by atoms with van der Waals surface area (Å²) in [4.78, 5) is 13.1. The number of carbonyl (C=O) groups excluding carboxylic acids is 1. The maximum absolute atomic E-state index is 13.1. The lowest BCUT2D eigenvalue weighted by Crippen LogP contribution is -2.54. The zero-order valence-electron chi connectivity index (χ0n) is 14.6. The van der Waals surface area contributed by atoms with Crippen LogP contribution in [0, 0.1) is 22.7 Å². The zero-order chi connectivity index (χ0) is 18.4. The van der Waals surface area contributed by atoms with Crippen molar-refractivity contribution in [2.45, 2.75) is 70.3 Å². The summed E-state index contributed by atoms with van der Waals surface area (Å²) in [6, 6.07) is -0.338. The van der Waals surface area contributed by atoms with Gasteiger partial charge in [0.2, 0.25) is 15.9 Å². The van der Waals surface area contributed by atoms with Crippen LogP contribution >= 0.6 is 0 Å². The molecule has 4 rings (SSSR count). The summed E-state index contributed by atoms with van der Waals surface area (Å²) in [7, 11) is -3.74. The summed E-state index contributed by atoms with van der Waals surface area (Å²) in [5.41, 5.74) is -0.523. The van der Waals surface area contributed by atoms with E-state index in [0.29, 0.717) is 12.3 Å². The second-order valence-electron chi connectivity index (χ2n) is 8.99. The normalized spacial score (nSPS) is 50.0. The Morgan fingerprint density at radius 3 is 2.40 bits per heavy atom. The number of amides is 1. The topological polar surface area (TPSA) is 115 Å². The van der Waals surface area contributed by atoms with E-state index in [1.807, 2.05) is 0 Å². The highest BCUT2D eigenvalue weighted by molar-refractivity contribution is 7.90. The van der Waals surface area contributed by atoms with Crippen molar-refractivity contribution in [2.24, 2.45) is 22.7 Å². The molecule has 2 bridgehead atoms. The first-order chi connectivity index (χ1) is 11.5. The number of sulfonamides is 1. The summed E-state index contributed by atoms with van der Waals surface area (Å²) >= 11 is 0. The third kappa shape index (κ3) is 2.08. The van der Waals surface area contributed by atoms with Crippen LogP contribution in [-0.2, 0) is 14.8 Å². The van der Waals surface area contributed by atoms with Crippen molar-refractivity contribution < 1.29 is 28.5 Å². The molecule has 3 aliphatic carbocycles. The fourth-order valence-corrected chi connectivity index (χ4v) is 8.75. The second kappa shape index (κ2) is 5.18. The molecule has 8 heteroatoms. The molecule has 1 aliphatic heterocycles. The van der Waals surface area contributed by atoms with E-state index in [1.54, 1.807) is 0 Å². The van der Waals surface area contributed by atoms with Gasteiger partial charge in [0.25, 0.3) is 0 Å². The van der Waals surface area contributed by atoms with Gasteiger partial charge in [-0.05, 0) is 43.4 Å². The summed E-state index contributed by atoms with van der Waals surface area (Å²) in [6.45, 7) is 4.23. The first-order valence-electron chi connectivity index (χ1n) is 9.13. The predicted molar refractivity (Wildman–Crippen MR) is 88.7 cm³/mol. The number of hydrogen-bond acceptors (Lipinski definition) is 6. The molecule has 4 fully saturated rings. The molecule has 142 valence electrons. The van der Waals surface area contributed by atoms with E-state index in [4.69, 9.17) is 0 Å². The van der Waals surface area contributed by atoms with Crippen molar-refractivity contribution in [1.82, 2.24) is 4.31 Å². The minimum Gasteiger partial charge on any atom is -0.390 e. The highest BCUT2D eigenvalue weighted by Crippen LogP contribution is 2.70. The predicted octanol–water partition coefficient (Wildman–Crippen LogP) is -0.154. The average molecular weight is 373 g/mol. The van der Waals surface area contributed by atoms with Gasteiger partial charge in [-0.25, -0.2) is 12.7 Å². The van der Waals surface area contributed by atoms with Gasteiger partial charge in [-0.15, -0.1) is 0 Å². The number of nitrogens with zero attached hydrogens (tertiary/aromatic N) is 1. The van der Waals surface area contributed by atoms with Gasteiger partial charge in [-0.1, -0.05) is 13.8 Å². The Labute approximate surface area is 148 Å². The molecule has 7 atom stereocenters. The van der Waals surface area contributed by atoms with E-state index >= 15 is 0 Å². The molecule has 4 aliphatic rings. The first-order valence-corrected chi connectivity index (χ1v) is 10.7. The lowest BCUT2D eigenvalue weighted by molar-refractivity contribution is -0.152. The van der Waals surface area contributed by atoms with Crippen LogP contribution in [0.15, 0.2) is 0 Å². The zero-order valence-corrected chi connectivity index (χ0v) is 15.4. The van der Waals surface area contributed by atoms with Crippen LogP contribution in [0.5, 0.6) is 0 Å². The molecule has 0 unspecified atom stereocenters. The van der Waals surface area contributed by atoms with E-state index in [-0.39, 0.29) is 30.1 Å². The van der Waals surface area contributed by atoms with Gasteiger partial charge < -0.3 is 15.3 Å². The molecular formula is C17H27NO6S. The Kier molecular flexibility index (Phi) is 3.67. The van der Waals surface area contributed by atoms with E-state index in [2.05, 4.69) is 13.8 Å². The largest absolute Gasteiger partial charge is 0.390 e. The van der Waals surface area contributed by atoms with Crippen molar-refractivity contribution in [3.05, 3.63) is 0 Å². The number of aliphatic hydroxyl groups is 3. The number of fused-ring (bicyclic) bond motifs is 1. The van der Waals surface area contributed by atoms with E-state index in [1.165, 1.54) is 0 Å². The van der Waals surface area contributed by atoms with Crippen LogP contribution < -0.4 is 0 Å². The Morgan fingerprint density at radius 1 is 1.08 bits per heavy atom. The molecule has 0 aromatic rings.